The Morgan fingerprint density at radius 1 is 1.00 bits per heavy atom. The molecule has 0 radical (unpaired) electrons. The van der Waals surface area contributed by atoms with Gasteiger partial charge in [0.2, 0.25) is 0 Å². The minimum atomic E-state index is -6.39. The van der Waals surface area contributed by atoms with Crippen molar-refractivity contribution in [3.8, 4) is 5.75 Å². The summed E-state index contributed by atoms with van der Waals surface area (Å²) in [6.07, 6.45) is -8.03. The summed E-state index contributed by atoms with van der Waals surface area (Å²) in [5.41, 5.74) is -2.18. The first-order valence-electron chi connectivity index (χ1n) is 7.85. The molecule has 0 N–H and O–H groups in total. The van der Waals surface area contributed by atoms with Crippen LogP contribution in [0.5, 0.6) is 5.75 Å². The quantitative estimate of drug-likeness (QED) is 0.511. The maximum Gasteiger partial charge on any atom is 0.459 e. The summed E-state index contributed by atoms with van der Waals surface area (Å²) in [4.78, 5) is 0. The van der Waals surface area contributed by atoms with Crippen LogP contribution in [-0.4, -0.2) is 31.2 Å². The minimum absolute atomic E-state index is 0.0413. The Labute approximate surface area is 147 Å². The van der Waals surface area contributed by atoms with E-state index < -0.39 is 30.0 Å². The third-order valence-electron chi connectivity index (χ3n) is 4.19. The molecule has 2 atom stereocenters. The zero-order valence-corrected chi connectivity index (χ0v) is 14.8. The highest BCUT2D eigenvalue weighted by molar-refractivity contribution is 5.38. The van der Waals surface area contributed by atoms with Crippen LogP contribution in [0.2, 0.25) is 0 Å². The van der Waals surface area contributed by atoms with Gasteiger partial charge in [0.15, 0.2) is 0 Å². The molecule has 150 valence electrons. The molecule has 1 aromatic carbocycles. The Morgan fingerprint density at radius 3 is 2.00 bits per heavy atom. The van der Waals surface area contributed by atoms with Gasteiger partial charge in [0.05, 0.1) is 18.1 Å². The van der Waals surface area contributed by atoms with Gasteiger partial charge in [0.25, 0.3) is 0 Å². The molecule has 0 bridgehead atoms. The summed E-state index contributed by atoms with van der Waals surface area (Å²) in [6, 6.07) is 5.66. The molecule has 0 saturated carbocycles. The number of rotatable bonds is 8. The third kappa shape index (κ3) is 4.42. The van der Waals surface area contributed by atoms with Crippen LogP contribution in [0, 0.1) is 0 Å². The van der Waals surface area contributed by atoms with Gasteiger partial charge in [-0.25, -0.2) is 0 Å². The van der Waals surface area contributed by atoms with Gasteiger partial charge in [0.1, 0.15) is 5.75 Å². The smallest absolute Gasteiger partial charge is 0.459 e. The van der Waals surface area contributed by atoms with Crippen LogP contribution in [0.1, 0.15) is 39.2 Å². The molecular formula is C17H21F7O2. The molecular weight excluding hydrogens is 369 g/mol. The van der Waals surface area contributed by atoms with Crippen molar-refractivity contribution in [1.29, 1.82) is 0 Å². The molecule has 9 heteroatoms. The van der Waals surface area contributed by atoms with E-state index in [1.165, 1.54) is 24.3 Å². The van der Waals surface area contributed by atoms with Gasteiger partial charge in [-0.1, -0.05) is 25.1 Å². The first-order valence-corrected chi connectivity index (χ1v) is 7.85. The second-order valence-corrected chi connectivity index (χ2v) is 6.22. The minimum Gasteiger partial charge on any atom is -0.490 e. The predicted octanol–water partition coefficient (Wildman–Crippen LogP) is 5.95. The molecule has 2 unspecified atom stereocenters. The van der Waals surface area contributed by atoms with E-state index in [9.17, 15) is 30.7 Å². The Kier molecular flexibility index (Phi) is 6.60. The molecule has 0 aromatic heterocycles. The first-order chi connectivity index (χ1) is 11.7. The van der Waals surface area contributed by atoms with Gasteiger partial charge in [-0.15, -0.1) is 0 Å². The SMILES string of the molecule is CCC(C)Oc1ccccc1C(C)(CC(F)(F)C(F)(F)C(F)(F)F)OC. The number of benzene rings is 1. The van der Waals surface area contributed by atoms with Crippen LogP contribution in [0.3, 0.4) is 0 Å². The molecule has 0 amide bonds. The van der Waals surface area contributed by atoms with Crippen LogP contribution in [0.25, 0.3) is 0 Å². The average molecular weight is 390 g/mol. The molecule has 0 fully saturated rings. The Hall–Kier alpha value is -1.51. The number of ether oxygens (including phenoxy) is 2. The van der Waals surface area contributed by atoms with Crippen LogP contribution in [0.4, 0.5) is 30.7 Å². The van der Waals surface area contributed by atoms with Crippen molar-refractivity contribution in [2.75, 3.05) is 7.11 Å². The Morgan fingerprint density at radius 2 is 1.54 bits per heavy atom. The highest BCUT2D eigenvalue weighted by atomic mass is 19.4. The average Bonchev–Trinajstić information content (AvgIpc) is 2.53. The zero-order valence-electron chi connectivity index (χ0n) is 14.8. The molecule has 0 aliphatic carbocycles. The number of para-hydroxylation sites is 1. The van der Waals surface area contributed by atoms with Crippen LogP contribution >= 0.6 is 0 Å². The topological polar surface area (TPSA) is 18.5 Å². The standard InChI is InChI=1S/C17H21F7O2/c1-5-11(2)26-13-9-7-6-8-12(13)14(3,25-4)10-15(18,19)16(20,21)17(22,23)24/h6-9,11H,5,10H2,1-4H3. The van der Waals surface area contributed by atoms with Crippen molar-refractivity contribution in [3.63, 3.8) is 0 Å². The van der Waals surface area contributed by atoms with Gasteiger partial charge in [0, 0.05) is 12.7 Å². The van der Waals surface area contributed by atoms with E-state index in [0.29, 0.717) is 6.42 Å². The van der Waals surface area contributed by atoms with Gasteiger partial charge in [-0.05, 0) is 26.3 Å². The van der Waals surface area contributed by atoms with E-state index in [2.05, 4.69) is 0 Å². The van der Waals surface area contributed by atoms with E-state index in [4.69, 9.17) is 9.47 Å². The summed E-state index contributed by atoms with van der Waals surface area (Å²) >= 11 is 0. The summed E-state index contributed by atoms with van der Waals surface area (Å²) in [5, 5.41) is 0. The van der Waals surface area contributed by atoms with Crippen molar-refractivity contribution in [2.45, 2.75) is 63.3 Å². The van der Waals surface area contributed by atoms with E-state index in [1.807, 2.05) is 0 Å². The van der Waals surface area contributed by atoms with Gasteiger partial charge in [-0.2, -0.15) is 30.7 Å². The number of alkyl halides is 7. The Bertz CT molecular complexity index is 601. The summed E-state index contributed by atoms with van der Waals surface area (Å²) < 4.78 is 102. The molecule has 2 nitrogen and oxygen atoms in total. The number of hydrogen-bond acceptors (Lipinski definition) is 2. The van der Waals surface area contributed by atoms with Crippen LogP contribution in [-0.2, 0) is 10.3 Å². The molecule has 1 aromatic rings. The normalized spacial score (nSPS) is 16.9. The van der Waals surface area contributed by atoms with E-state index in [-0.39, 0.29) is 17.4 Å². The lowest BCUT2D eigenvalue weighted by Gasteiger charge is -2.37. The highest BCUT2D eigenvalue weighted by Gasteiger charge is 2.73. The molecule has 0 heterocycles. The zero-order chi connectivity index (χ0) is 20.4. The van der Waals surface area contributed by atoms with Gasteiger partial charge < -0.3 is 9.47 Å². The number of halogens is 7. The number of methoxy groups -OCH3 is 1. The van der Waals surface area contributed by atoms with Crippen LogP contribution in [0.15, 0.2) is 24.3 Å². The summed E-state index contributed by atoms with van der Waals surface area (Å²) in [7, 11) is 0.960. The maximum atomic E-state index is 13.9. The van der Waals surface area contributed by atoms with Gasteiger partial charge >= 0.3 is 18.0 Å². The lowest BCUT2D eigenvalue weighted by Crippen LogP contribution is -2.54. The molecule has 1 rings (SSSR count). The molecule has 0 saturated heterocycles. The fourth-order valence-electron chi connectivity index (χ4n) is 2.33. The fourth-order valence-corrected chi connectivity index (χ4v) is 2.33. The molecule has 0 aliphatic heterocycles. The second-order valence-electron chi connectivity index (χ2n) is 6.22. The Balaban J connectivity index is 3.33. The monoisotopic (exact) mass is 390 g/mol. The lowest BCUT2D eigenvalue weighted by atomic mass is 9.86. The fraction of sp³-hybridized carbons (Fsp3) is 0.647. The van der Waals surface area contributed by atoms with Crippen molar-refractivity contribution < 1.29 is 40.2 Å². The third-order valence-corrected chi connectivity index (χ3v) is 4.19. The van der Waals surface area contributed by atoms with E-state index in [0.717, 1.165) is 14.0 Å². The molecule has 0 spiro atoms. The van der Waals surface area contributed by atoms with Gasteiger partial charge in [-0.3, -0.25) is 0 Å². The van der Waals surface area contributed by atoms with Crippen molar-refractivity contribution in [1.82, 2.24) is 0 Å². The summed E-state index contributed by atoms with van der Waals surface area (Å²) in [6.45, 7) is 4.53. The molecule has 0 aliphatic rings. The highest BCUT2D eigenvalue weighted by Crippen LogP contribution is 2.52. The summed E-state index contributed by atoms with van der Waals surface area (Å²) in [5.74, 6) is -11.5. The van der Waals surface area contributed by atoms with E-state index in [1.54, 1.807) is 13.8 Å². The van der Waals surface area contributed by atoms with Crippen LogP contribution < -0.4 is 4.74 Å². The second kappa shape index (κ2) is 7.62. The van der Waals surface area contributed by atoms with Crippen molar-refractivity contribution in [3.05, 3.63) is 29.8 Å². The maximum absolute atomic E-state index is 13.9. The van der Waals surface area contributed by atoms with Crippen molar-refractivity contribution >= 4 is 0 Å². The molecule has 26 heavy (non-hydrogen) atoms. The largest absolute Gasteiger partial charge is 0.490 e. The lowest BCUT2D eigenvalue weighted by molar-refractivity contribution is -0.362. The van der Waals surface area contributed by atoms with Crippen molar-refractivity contribution in [2.24, 2.45) is 0 Å². The van der Waals surface area contributed by atoms with E-state index >= 15 is 0 Å². The first kappa shape index (κ1) is 22.5. The predicted molar refractivity (Wildman–Crippen MR) is 81.8 cm³/mol. The number of hydrogen-bond donors (Lipinski definition) is 0.